The van der Waals surface area contributed by atoms with Crippen LogP contribution in [0.25, 0.3) is 0 Å². The molecule has 3 N–H and O–H groups in total. The van der Waals surface area contributed by atoms with Gasteiger partial charge in [0.25, 0.3) is 0 Å². The van der Waals surface area contributed by atoms with E-state index in [1.165, 1.54) is 0 Å². The van der Waals surface area contributed by atoms with Crippen LogP contribution < -0.4 is 0 Å². The van der Waals surface area contributed by atoms with Crippen LogP contribution in [0.5, 0.6) is 0 Å². The SMILES string of the molecule is CC(C)C(=NO)C(C)C.CC(C)C(=NO)C(C)C.CCC(C)([SiH3])C(=NO)C(C)C. The van der Waals surface area contributed by atoms with Crippen molar-refractivity contribution in [3.8, 4) is 0 Å². The molecule has 6 nitrogen and oxygen atoms in total. The third-order valence-electron chi connectivity index (χ3n) is 4.83. The van der Waals surface area contributed by atoms with Crippen LogP contribution in [0.3, 0.4) is 0 Å². The smallest absolute Gasteiger partial charge is 0.0621 e. The van der Waals surface area contributed by atoms with E-state index in [2.05, 4.69) is 43.2 Å². The second kappa shape index (κ2) is 16.4. The van der Waals surface area contributed by atoms with E-state index in [0.29, 0.717) is 29.6 Å². The molecule has 7 heteroatoms. The maximum absolute atomic E-state index is 8.77. The quantitative estimate of drug-likeness (QED) is 0.209. The zero-order valence-electron chi connectivity index (χ0n) is 21.3. The average molecular weight is 432 g/mol. The van der Waals surface area contributed by atoms with Gasteiger partial charge in [0.15, 0.2) is 0 Å². The van der Waals surface area contributed by atoms with Crippen LogP contribution in [-0.2, 0) is 0 Å². The molecule has 0 saturated carbocycles. The molecule has 1 atom stereocenters. The Bertz CT molecular complexity index is 461. The third-order valence-corrected chi connectivity index (χ3v) is 6.05. The molecule has 0 aliphatic heterocycles. The Labute approximate surface area is 183 Å². The lowest BCUT2D eigenvalue weighted by molar-refractivity contribution is 0.311. The first kappa shape index (κ1) is 32.3. The predicted molar refractivity (Wildman–Crippen MR) is 130 cm³/mol. The summed E-state index contributed by atoms with van der Waals surface area (Å²) in [6.45, 7) is 24.6. The topological polar surface area (TPSA) is 97.8 Å². The van der Waals surface area contributed by atoms with E-state index in [9.17, 15) is 0 Å². The summed E-state index contributed by atoms with van der Waals surface area (Å²) in [6.07, 6.45) is 1.07. The van der Waals surface area contributed by atoms with Crippen LogP contribution in [0, 0.1) is 29.6 Å². The zero-order valence-corrected chi connectivity index (χ0v) is 23.3. The summed E-state index contributed by atoms with van der Waals surface area (Å²) in [5.74, 6) is 1.79. The van der Waals surface area contributed by atoms with Gasteiger partial charge in [-0.25, -0.2) is 0 Å². The number of hydrogen-bond acceptors (Lipinski definition) is 6. The van der Waals surface area contributed by atoms with E-state index in [4.69, 9.17) is 15.6 Å². The molecule has 0 saturated heterocycles. The Morgan fingerprint density at radius 3 is 0.966 bits per heavy atom. The number of hydrogen-bond donors (Lipinski definition) is 3. The highest BCUT2D eigenvalue weighted by atomic mass is 28.1. The van der Waals surface area contributed by atoms with Crippen LogP contribution in [0.4, 0.5) is 0 Å². The first-order valence-electron chi connectivity index (χ1n) is 10.8. The highest BCUT2D eigenvalue weighted by Gasteiger charge is 2.25. The minimum Gasteiger partial charge on any atom is -0.411 e. The Hall–Kier alpha value is -1.37. The molecule has 174 valence electrons. The van der Waals surface area contributed by atoms with Gasteiger partial charge in [0, 0.05) is 10.2 Å². The zero-order chi connectivity index (χ0) is 23.9. The van der Waals surface area contributed by atoms with Gasteiger partial charge in [0.2, 0.25) is 0 Å². The van der Waals surface area contributed by atoms with E-state index in [0.717, 1.165) is 33.8 Å². The lowest BCUT2D eigenvalue weighted by Gasteiger charge is -2.26. The van der Waals surface area contributed by atoms with E-state index < -0.39 is 0 Å². The molecule has 0 heterocycles. The Balaban J connectivity index is -0.000000352. The molecular formula is C22H49N3O3Si. The van der Waals surface area contributed by atoms with Gasteiger partial charge in [0.05, 0.1) is 17.1 Å². The van der Waals surface area contributed by atoms with E-state index >= 15 is 0 Å². The summed E-state index contributed by atoms with van der Waals surface area (Å²) in [6, 6.07) is 0. The third kappa shape index (κ3) is 14.3. The van der Waals surface area contributed by atoms with Crippen LogP contribution in [-0.4, -0.2) is 43.0 Å². The van der Waals surface area contributed by atoms with Crippen molar-refractivity contribution in [1.82, 2.24) is 0 Å². The minimum atomic E-state index is 0.170. The largest absolute Gasteiger partial charge is 0.411 e. The van der Waals surface area contributed by atoms with Crippen LogP contribution in [0.1, 0.15) is 89.5 Å². The van der Waals surface area contributed by atoms with Gasteiger partial charge in [-0.2, -0.15) is 0 Å². The van der Waals surface area contributed by atoms with Crippen molar-refractivity contribution >= 4 is 27.4 Å². The van der Waals surface area contributed by atoms with Gasteiger partial charge < -0.3 is 15.6 Å². The maximum atomic E-state index is 8.77. The molecule has 1 unspecified atom stereocenters. The van der Waals surface area contributed by atoms with Crippen molar-refractivity contribution in [3.63, 3.8) is 0 Å². The lowest BCUT2D eigenvalue weighted by Crippen LogP contribution is -2.25. The van der Waals surface area contributed by atoms with E-state index in [1.807, 2.05) is 55.4 Å². The summed E-state index contributed by atoms with van der Waals surface area (Å²) in [5.41, 5.74) is 2.69. The molecule has 0 aromatic carbocycles. The summed E-state index contributed by atoms with van der Waals surface area (Å²) >= 11 is 0. The van der Waals surface area contributed by atoms with Crippen LogP contribution >= 0.6 is 0 Å². The van der Waals surface area contributed by atoms with Crippen molar-refractivity contribution in [1.29, 1.82) is 0 Å². The number of oxime groups is 3. The molecule has 0 bridgehead atoms. The molecule has 0 aromatic rings. The van der Waals surface area contributed by atoms with Crippen molar-refractivity contribution < 1.29 is 15.6 Å². The van der Waals surface area contributed by atoms with Crippen molar-refractivity contribution in [2.75, 3.05) is 0 Å². The molecule has 0 aliphatic carbocycles. The molecule has 0 aliphatic rings. The lowest BCUT2D eigenvalue weighted by atomic mass is 9.93. The van der Waals surface area contributed by atoms with E-state index in [-0.39, 0.29) is 5.04 Å². The first-order chi connectivity index (χ1) is 13.1. The summed E-state index contributed by atoms with van der Waals surface area (Å²) < 4.78 is 0. The van der Waals surface area contributed by atoms with Gasteiger partial charge in [0.1, 0.15) is 0 Å². The molecule has 0 rings (SSSR count). The normalized spacial score (nSPS) is 13.6. The maximum Gasteiger partial charge on any atom is 0.0621 e. The molecule has 0 radical (unpaired) electrons. The summed E-state index contributed by atoms with van der Waals surface area (Å²) in [4.78, 5) is 0. The fraction of sp³-hybridized carbons (Fsp3) is 0.864. The highest BCUT2D eigenvalue weighted by Crippen LogP contribution is 2.30. The van der Waals surface area contributed by atoms with Gasteiger partial charge in [-0.1, -0.05) is 98.6 Å². The summed E-state index contributed by atoms with van der Waals surface area (Å²) in [5, 5.41) is 35.6. The fourth-order valence-electron chi connectivity index (χ4n) is 3.01. The van der Waals surface area contributed by atoms with Gasteiger partial charge in [-0.05, 0) is 41.0 Å². The molecular weight excluding hydrogens is 382 g/mol. The second-order valence-corrected chi connectivity index (χ2v) is 11.8. The highest BCUT2D eigenvalue weighted by molar-refractivity contribution is 6.29. The van der Waals surface area contributed by atoms with Gasteiger partial charge in [-0.3, -0.25) is 0 Å². The molecule has 0 spiro atoms. The van der Waals surface area contributed by atoms with Crippen LogP contribution in [0.15, 0.2) is 15.5 Å². The Morgan fingerprint density at radius 2 is 0.931 bits per heavy atom. The van der Waals surface area contributed by atoms with E-state index in [1.54, 1.807) is 0 Å². The number of rotatable bonds is 7. The predicted octanol–water partition coefficient (Wildman–Crippen LogP) is 5.68. The van der Waals surface area contributed by atoms with Crippen LogP contribution in [0.2, 0.25) is 5.04 Å². The molecule has 0 amide bonds. The fourth-order valence-corrected chi connectivity index (χ4v) is 3.69. The number of nitrogens with zero attached hydrogens (tertiary/aromatic N) is 3. The minimum absolute atomic E-state index is 0.170. The summed E-state index contributed by atoms with van der Waals surface area (Å²) in [7, 11) is 1.05. The van der Waals surface area contributed by atoms with Crippen molar-refractivity contribution in [3.05, 3.63) is 0 Å². The van der Waals surface area contributed by atoms with Crippen molar-refractivity contribution in [2.45, 2.75) is 94.5 Å². The monoisotopic (exact) mass is 431 g/mol. The standard InChI is InChI=1S/C8H19NOSi.2C7H15NO/c1-5-8(4,11)7(9-10)6(2)3;2*1-5(2)7(8-9)6(3)4/h6,10H,5H2,1-4,11H3;2*5-6,9H,1-4H3. The van der Waals surface area contributed by atoms with Crippen molar-refractivity contribution in [2.24, 2.45) is 45.1 Å². The molecule has 0 fully saturated rings. The Kier molecular flexibility index (Phi) is 18.3. The Morgan fingerprint density at radius 1 is 0.655 bits per heavy atom. The van der Waals surface area contributed by atoms with Gasteiger partial charge in [-0.15, -0.1) is 0 Å². The molecule has 29 heavy (non-hydrogen) atoms. The van der Waals surface area contributed by atoms with Gasteiger partial charge >= 0.3 is 0 Å². The second-order valence-electron chi connectivity index (χ2n) is 9.55. The average Bonchev–Trinajstić information content (AvgIpc) is 2.55. The molecule has 0 aromatic heterocycles. The first-order valence-corrected chi connectivity index (χ1v) is 11.8.